The molecule has 0 saturated carbocycles. The molecule has 0 spiro atoms. The molecule has 5 rings (SSSR count). The van der Waals surface area contributed by atoms with E-state index in [9.17, 15) is 18.4 Å². The van der Waals surface area contributed by atoms with Crippen LogP contribution in [-0.2, 0) is 5.66 Å². The fourth-order valence-corrected chi connectivity index (χ4v) is 4.52. The average Bonchev–Trinajstić information content (AvgIpc) is 3.24. The van der Waals surface area contributed by atoms with E-state index >= 15 is 0 Å². The summed E-state index contributed by atoms with van der Waals surface area (Å²) in [5.74, 6) is -2.42. The molecular formula is C23H16F2N2O2. The zero-order valence-electron chi connectivity index (χ0n) is 15.3. The van der Waals surface area contributed by atoms with E-state index in [1.807, 2.05) is 42.5 Å². The van der Waals surface area contributed by atoms with Gasteiger partial charge in [-0.1, -0.05) is 48.5 Å². The Morgan fingerprint density at radius 3 is 2.38 bits per heavy atom. The Morgan fingerprint density at radius 1 is 0.897 bits per heavy atom. The summed E-state index contributed by atoms with van der Waals surface area (Å²) >= 11 is 0. The standard InChI is InChI=1S/C23H16F2N2O2/c24-16-10-11-18(20(25)14-16)22(29)27-13-12-26-21(28)17-8-4-5-9-19(17)23(26,27)15-6-2-1-3-7-15/h1-11,14H,12-13H2. The summed E-state index contributed by atoms with van der Waals surface area (Å²) in [6.45, 7) is 0.557. The van der Waals surface area contributed by atoms with Gasteiger partial charge in [-0.05, 0) is 18.2 Å². The maximum Gasteiger partial charge on any atom is 0.259 e. The third kappa shape index (κ3) is 2.29. The van der Waals surface area contributed by atoms with Gasteiger partial charge >= 0.3 is 0 Å². The molecule has 2 aliphatic heterocycles. The van der Waals surface area contributed by atoms with E-state index in [1.165, 1.54) is 4.90 Å². The number of amides is 2. The lowest BCUT2D eigenvalue weighted by Gasteiger charge is -2.40. The first-order valence-electron chi connectivity index (χ1n) is 9.29. The topological polar surface area (TPSA) is 40.6 Å². The molecule has 2 amide bonds. The highest BCUT2D eigenvalue weighted by Crippen LogP contribution is 2.50. The molecular weight excluding hydrogens is 374 g/mol. The highest BCUT2D eigenvalue weighted by molar-refractivity contribution is 6.03. The molecule has 6 heteroatoms. The van der Waals surface area contributed by atoms with Crippen LogP contribution in [0.4, 0.5) is 8.78 Å². The second-order valence-corrected chi connectivity index (χ2v) is 7.12. The Bertz CT molecular complexity index is 1150. The maximum atomic E-state index is 14.4. The number of fused-ring (bicyclic) bond motifs is 3. The third-order valence-corrected chi connectivity index (χ3v) is 5.69. The lowest BCUT2D eigenvalue weighted by Crippen LogP contribution is -2.51. The minimum absolute atomic E-state index is 0.167. The highest BCUT2D eigenvalue weighted by Gasteiger charge is 2.59. The van der Waals surface area contributed by atoms with Crippen molar-refractivity contribution in [3.8, 4) is 0 Å². The van der Waals surface area contributed by atoms with Gasteiger partial charge in [0, 0.05) is 35.8 Å². The quantitative estimate of drug-likeness (QED) is 0.668. The van der Waals surface area contributed by atoms with Crippen molar-refractivity contribution in [2.45, 2.75) is 5.66 Å². The van der Waals surface area contributed by atoms with Gasteiger partial charge < -0.3 is 9.80 Å². The molecule has 4 nitrogen and oxygen atoms in total. The third-order valence-electron chi connectivity index (χ3n) is 5.69. The zero-order chi connectivity index (χ0) is 20.2. The van der Waals surface area contributed by atoms with Crippen LogP contribution in [-0.4, -0.2) is 34.7 Å². The Balaban J connectivity index is 1.75. The van der Waals surface area contributed by atoms with Crippen molar-refractivity contribution >= 4 is 11.8 Å². The first-order chi connectivity index (χ1) is 14.0. The van der Waals surface area contributed by atoms with E-state index in [0.29, 0.717) is 23.7 Å². The Labute approximate surface area is 166 Å². The fraction of sp³-hybridized carbons (Fsp3) is 0.130. The molecule has 29 heavy (non-hydrogen) atoms. The van der Waals surface area contributed by atoms with Gasteiger partial charge in [0.2, 0.25) is 0 Å². The van der Waals surface area contributed by atoms with Crippen LogP contribution in [0, 0.1) is 11.6 Å². The second kappa shape index (κ2) is 6.24. The molecule has 0 bridgehead atoms. The summed E-state index contributed by atoms with van der Waals surface area (Å²) in [7, 11) is 0. The van der Waals surface area contributed by atoms with Crippen molar-refractivity contribution in [1.82, 2.24) is 9.80 Å². The van der Waals surface area contributed by atoms with Gasteiger partial charge in [-0.25, -0.2) is 8.78 Å². The molecule has 0 aromatic heterocycles. The van der Waals surface area contributed by atoms with E-state index in [4.69, 9.17) is 0 Å². The largest absolute Gasteiger partial charge is 0.306 e. The summed E-state index contributed by atoms with van der Waals surface area (Å²) in [5.41, 5.74) is 0.567. The smallest absolute Gasteiger partial charge is 0.259 e. The normalized spacial score (nSPS) is 20.0. The molecule has 1 atom stereocenters. The monoisotopic (exact) mass is 390 g/mol. The number of rotatable bonds is 2. The minimum Gasteiger partial charge on any atom is -0.306 e. The van der Waals surface area contributed by atoms with E-state index in [2.05, 4.69) is 0 Å². The lowest BCUT2D eigenvalue weighted by molar-refractivity contribution is 0.0372. The van der Waals surface area contributed by atoms with Crippen LogP contribution in [0.3, 0.4) is 0 Å². The van der Waals surface area contributed by atoms with Gasteiger partial charge in [-0.2, -0.15) is 0 Å². The van der Waals surface area contributed by atoms with Gasteiger partial charge in [-0.15, -0.1) is 0 Å². The van der Waals surface area contributed by atoms with Crippen LogP contribution >= 0.6 is 0 Å². The number of carbonyl (C=O) groups is 2. The summed E-state index contributed by atoms with van der Waals surface area (Å²) in [5, 5.41) is 0. The molecule has 0 N–H and O–H groups in total. The number of carbonyl (C=O) groups excluding carboxylic acids is 2. The van der Waals surface area contributed by atoms with Crippen molar-refractivity contribution in [3.05, 3.63) is 107 Å². The number of halogens is 2. The second-order valence-electron chi connectivity index (χ2n) is 7.12. The van der Waals surface area contributed by atoms with Gasteiger partial charge in [-0.3, -0.25) is 9.59 Å². The SMILES string of the molecule is O=C(c1ccc(F)cc1F)N1CCN2C(=O)c3ccccc3C12c1ccccc1. The molecule has 1 unspecified atom stereocenters. The molecule has 3 aromatic rings. The molecule has 0 radical (unpaired) electrons. The number of nitrogens with zero attached hydrogens (tertiary/aromatic N) is 2. The van der Waals surface area contributed by atoms with E-state index in [1.54, 1.807) is 17.0 Å². The van der Waals surface area contributed by atoms with Gasteiger partial charge in [0.15, 0.2) is 5.66 Å². The predicted octanol–water partition coefficient (Wildman–Crippen LogP) is 3.78. The van der Waals surface area contributed by atoms with Crippen molar-refractivity contribution in [2.75, 3.05) is 13.1 Å². The van der Waals surface area contributed by atoms with E-state index in [0.717, 1.165) is 17.7 Å². The number of benzene rings is 3. The van der Waals surface area contributed by atoms with Crippen molar-refractivity contribution in [3.63, 3.8) is 0 Å². The molecule has 2 heterocycles. The predicted molar refractivity (Wildman–Crippen MR) is 102 cm³/mol. The van der Waals surface area contributed by atoms with Gasteiger partial charge in [0.1, 0.15) is 11.6 Å². The summed E-state index contributed by atoms with van der Waals surface area (Å²) in [6.07, 6.45) is 0. The van der Waals surface area contributed by atoms with E-state index in [-0.39, 0.29) is 18.0 Å². The summed E-state index contributed by atoms with van der Waals surface area (Å²) < 4.78 is 27.8. The lowest BCUT2D eigenvalue weighted by atomic mass is 9.89. The molecule has 3 aromatic carbocycles. The Kier molecular flexibility index (Phi) is 3.77. The van der Waals surface area contributed by atoms with Crippen LogP contribution in [0.1, 0.15) is 31.8 Å². The fourth-order valence-electron chi connectivity index (χ4n) is 4.52. The summed E-state index contributed by atoms with van der Waals surface area (Å²) in [4.78, 5) is 29.8. The van der Waals surface area contributed by atoms with Crippen molar-refractivity contribution in [2.24, 2.45) is 0 Å². The molecule has 1 fully saturated rings. The molecule has 0 aliphatic carbocycles. The van der Waals surface area contributed by atoms with Gasteiger partial charge in [0.25, 0.3) is 11.8 Å². The van der Waals surface area contributed by atoms with Gasteiger partial charge in [0.05, 0.1) is 5.56 Å². The van der Waals surface area contributed by atoms with Crippen molar-refractivity contribution < 1.29 is 18.4 Å². The van der Waals surface area contributed by atoms with Crippen LogP contribution in [0.25, 0.3) is 0 Å². The van der Waals surface area contributed by atoms with Crippen LogP contribution in [0.15, 0.2) is 72.8 Å². The Hall–Kier alpha value is -3.54. The minimum atomic E-state index is -1.16. The van der Waals surface area contributed by atoms with Crippen LogP contribution in [0.2, 0.25) is 0 Å². The average molecular weight is 390 g/mol. The molecule has 2 aliphatic rings. The van der Waals surface area contributed by atoms with E-state index < -0.39 is 23.2 Å². The Morgan fingerprint density at radius 2 is 1.62 bits per heavy atom. The summed E-state index contributed by atoms with van der Waals surface area (Å²) in [6, 6.07) is 19.3. The molecule has 1 saturated heterocycles. The van der Waals surface area contributed by atoms with Crippen LogP contribution in [0.5, 0.6) is 0 Å². The number of hydrogen-bond donors (Lipinski definition) is 0. The molecule has 144 valence electrons. The first kappa shape index (κ1) is 17.6. The first-order valence-corrected chi connectivity index (χ1v) is 9.29. The maximum absolute atomic E-state index is 14.4. The van der Waals surface area contributed by atoms with Crippen molar-refractivity contribution in [1.29, 1.82) is 0 Å². The van der Waals surface area contributed by atoms with Crippen LogP contribution < -0.4 is 0 Å². The highest BCUT2D eigenvalue weighted by atomic mass is 19.1. The zero-order valence-corrected chi connectivity index (χ0v) is 15.3. The number of hydrogen-bond acceptors (Lipinski definition) is 2.